The second kappa shape index (κ2) is 10.6. The van der Waals surface area contributed by atoms with E-state index in [0.29, 0.717) is 26.3 Å². The molecule has 0 radical (unpaired) electrons. The molecule has 1 N–H and O–H groups in total. The van der Waals surface area contributed by atoms with Crippen molar-refractivity contribution in [2.75, 3.05) is 46.1 Å². The number of hydrogen-bond acceptors (Lipinski definition) is 6. The quantitative estimate of drug-likeness (QED) is 0.653. The fourth-order valence-corrected chi connectivity index (χ4v) is 2.48. The summed E-state index contributed by atoms with van der Waals surface area (Å²) in [5.41, 5.74) is 0.210. The SMILES string of the molecule is CCOC(=O)COC[C@H](NC(=O)c1ccc(F)cc1)C(=O)N1CCOCC1. The van der Waals surface area contributed by atoms with Crippen LogP contribution >= 0.6 is 0 Å². The van der Waals surface area contributed by atoms with Gasteiger partial charge in [0.1, 0.15) is 18.5 Å². The molecule has 148 valence electrons. The summed E-state index contributed by atoms with van der Waals surface area (Å²) in [6.07, 6.45) is 0. The molecule has 2 amide bonds. The van der Waals surface area contributed by atoms with Gasteiger partial charge in [0.15, 0.2) is 0 Å². The van der Waals surface area contributed by atoms with E-state index in [1.807, 2.05) is 0 Å². The van der Waals surface area contributed by atoms with E-state index in [2.05, 4.69) is 5.32 Å². The zero-order valence-corrected chi connectivity index (χ0v) is 15.1. The Kier molecular flexibility index (Phi) is 8.15. The Hall–Kier alpha value is -2.52. The second-order valence-corrected chi connectivity index (χ2v) is 5.79. The van der Waals surface area contributed by atoms with Gasteiger partial charge in [-0.05, 0) is 31.2 Å². The second-order valence-electron chi connectivity index (χ2n) is 5.79. The molecule has 1 aromatic carbocycles. The number of carbonyl (C=O) groups is 3. The molecule has 9 heteroatoms. The van der Waals surface area contributed by atoms with Crippen molar-refractivity contribution in [1.82, 2.24) is 10.2 Å². The number of rotatable bonds is 8. The maximum absolute atomic E-state index is 13.0. The lowest BCUT2D eigenvalue weighted by atomic mass is 10.1. The van der Waals surface area contributed by atoms with E-state index in [-0.39, 0.29) is 31.3 Å². The smallest absolute Gasteiger partial charge is 0.332 e. The number of halogens is 1. The largest absolute Gasteiger partial charge is 0.464 e. The average molecular weight is 382 g/mol. The minimum atomic E-state index is -0.991. The Balaban J connectivity index is 2.00. The predicted molar refractivity (Wildman–Crippen MR) is 92.5 cm³/mol. The van der Waals surface area contributed by atoms with Gasteiger partial charge in [0.05, 0.1) is 26.4 Å². The Labute approximate surface area is 156 Å². The lowest BCUT2D eigenvalue weighted by Gasteiger charge is -2.30. The van der Waals surface area contributed by atoms with Crippen LogP contribution in [0.5, 0.6) is 0 Å². The van der Waals surface area contributed by atoms with Gasteiger partial charge >= 0.3 is 5.97 Å². The number of carbonyl (C=O) groups excluding carboxylic acids is 3. The summed E-state index contributed by atoms with van der Waals surface area (Å²) in [4.78, 5) is 38.0. The molecule has 0 aliphatic carbocycles. The third kappa shape index (κ3) is 6.61. The van der Waals surface area contributed by atoms with E-state index in [1.54, 1.807) is 11.8 Å². The molecule has 1 fully saturated rings. The highest BCUT2D eigenvalue weighted by Gasteiger charge is 2.28. The molecular weight excluding hydrogens is 359 g/mol. The van der Waals surface area contributed by atoms with Crippen LogP contribution in [0.25, 0.3) is 0 Å². The van der Waals surface area contributed by atoms with E-state index in [4.69, 9.17) is 14.2 Å². The highest BCUT2D eigenvalue weighted by Crippen LogP contribution is 2.06. The number of ether oxygens (including phenoxy) is 3. The molecule has 1 saturated heterocycles. The lowest BCUT2D eigenvalue weighted by Crippen LogP contribution is -2.53. The van der Waals surface area contributed by atoms with Crippen LogP contribution in [0.15, 0.2) is 24.3 Å². The number of amides is 2. The van der Waals surface area contributed by atoms with Gasteiger partial charge < -0.3 is 24.4 Å². The van der Waals surface area contributed by atoms with Crippen molar-refractivity contribution in [3.63, 3.8) is 0 Å². The predicted octanol–water partition coefficient (Wildman–Crippen LogP) is 0.363. The fourth-order valence-electron chi connectivity index (χ4n) is 2.48. The molecule has 1 atom stereocenters. The van der Waals surface area contributed by atoms with Crippen LogP contribution < -0.4 is 5.32 Å². The number of benzene rings is 1. The van der Waals surface area contributed by atoms with Gasteiger partial charge in [-0.3, -0.25) is 9.59 Å². The van der Waals surface area contributed by atoms with Crippen LogP contribution in [-0.2, 0) is 23.8 Å². The van der Waals surface area contributed by atoms with Gasteiger partial charge in [0.25, 0.3) is 5.91 Å². The Morgan fingerprint density at radius 2 is 1.89 bits per heavy atom. The minimum absolute atomic E-state index is 0.193. The van der Waals surface area contributed by atoms with Crippen LogP contribution in [0.2, 0.25) is 0 Å². The number of hydrogen-bond donors (Lipinski definition) is 1. The Bertz CT molecular complexity index is 646. The van der Waals surface area contributed by atoms with E-state index in [1.165, 1.54) is 12.1 Å². The summed E-state index contributed by atoms with van der Waals surface area (Å²) in [6.45, 7) is 3.00. The summed E-state index contributed by atoms with van der Waals surface area (Å²) in [5.74, 6) is -1.90. The highest BCUT2D eigenvalue weighted by atomic mass is 19.1. The third-order valence-electron chi connectivity index (χ3n) is 3.84. The monoisotopic (exact) mass is 382 g/mol. The van der Waals surface area contributed by atoms with Gasteiger partial charge in [-0.15, -0.1) is 0 Å². The summed E-state index contributed by atoms with van der Waals surface area (Å²) in [5, 5.41) is 2.59. The number of morpholine rings is 1. The molecule has 0 aromatic heterocycles. The molecule has 0 saturated carbocycles. The van der Waals surface area contributed by atoms with Crippen molar-refractivity contribution in [2.24, 2.45) is 0 Å². The standard InChI is InChI=1S/C18H23FN2O6/c1-2-27-16(22)12-26-11-15(18(24)21-7-9-25-10-8-21)20-17(23)13-3-5-14(19)6-4-13/h3-6,15H,2,7-12H2,1H3,(H,20,23)/t15-/m0/s1. The van der Waals surface area contributed by atoms with E-state index < -0.39 is 23.7 Å². The fraction of sp³-hybridized carbons (Fsp3) is 0.500. The first-order valence-corrected chi connectivity index (χ1v) is 8.67. The molecular formula is C18H23FN2O6. The zero-order valence-electron chi connectivity index (χ0n) is 15.1. The third-order valence-corrected chi connectivity index (χ3v) is 3.84. The summed E-state index contributed by atoms with van der Waals surface area (Å²) in [6, 6.07) is 3.96. The Morgan fingerprint density at radius 1 is 1.22 bits per heavy atom. The molecule has 0 unspecified atom stereocenters. The number of esters is 1. The first-order chi connectivity index (χ1) is 13.0. The van der Waals surface area contributed by atoms with Crippen LogP contribution in [0.3, 0.4) is 0 Å². The normalized spacial score (nSPS) is 15.1. The van der Waals surface area contributed by atoms with Gasteiger partial charge in [0, 0.05) is 18.7 Å². The van der Waals surface area contributed by atoms with Gasteiger partial charge in [0.2, 0.25) is 5.91 Å². The van der Waals surface area contributed by atoms with Crippen molar-refractivity contribution in [1.29, 1.82) is 0 Å². The van der Waals surface area contributed by atoms with E-state index >= 15 is 0 Å². The highest BCUT2D eigenvalue weighted by molar-refractivity contribution is 5.97. The molecule has 1 aromatic rings. The summed E-state index contributed by atoms with van der Waals surface area (Å²) < 4.78 is 28.3. The van der Waals surface area contributed by atoms with Gasteiger partial charge in [-0.25, -0.2) is 9.18 Å². The van der Waals surface area contributed by atoms with E-state index in [9.17, 15) is 18.8 Å². The van der Waals surface area contributed by atoms with Gasteiger partial charge in [-0.2, -0.15) is 0 Å². The van der Waals surface area contributed by atoms with Crippen molar-refractivity contribution in [2.45, 2.75) is 13.0 Å². The van der Waals surface area contributed by atoms with Gasteiger partial charge in [-0.1, -0.05) is 0 Å². The van der Waals surface area contributed by atoms with Crippen LogP contribution in [-0.4, -0.2) is 74.8 Å². The Morgan fingerprint density at radius 3 is 2.52 bits per heavy atom. The topological polar surface area (TPSA) is 94.2 Å². The molecule has 1 aliphatic heterocycles. The van der Waals surface area contributed by atoms with Crippen molar-refractivity contribution in [3.8, 4) is 0 Å². The van der Waals surface area contributed by atoms with E-state index in [0.717, 1.165) is 12.1 Å². The maximum atomic E-state index is 13.0. The molecule has 0 spiro atoms. The minimum Gasteiger partial charge on any atom is -0.464 e. The van der Waals surface area contributed by atoms with Crippen molar-refractivity contribution >= 4 is 17.8 Å². The van der Waals surface area contributed by atoms with Crippen LogP contribution in [0, 0.1) is 5.82 Å². The van der Waals surface area contributed by atoms with Crippen LogP contribution in [0.4, 0.5) is 4.39 Å². The molecule has 8 nitrogen and oxygen atoms in total. The molecule has 2 rings (SSSR count). The number of nitrogens with one attached hydrogen (secondary N) is 1. The first-order valence-electron chi connectivity index (χ1n) is 8.67. The summed E-state index contributed by atoms with van der Waals surface area (Å²) in [7, 11) is 0. The first kappa shape index (κ1) is 20.8. The summed E-state index contributed by atoms with van der Waals surface area (Å²) >= 11 is 0. The number of nitrogens with zero attached hydrogens (tertiary/aromatic N) is 1. The molecule has 1 aliphatic rings. The average Bonchev–Trinajstić information content (AvgIpc) is 2.68. The van der Waals surface area contributed by atoms with Crippen LogP contribution in [0.1, 0.15) is 17.3 Å². The maximum Gasteiger partial charge on any atom is 0.332 e. The zero-order chi connectivity index (χ0) is 19.6. The van der Waals surface area contributed by atoms with Crippen molar-refractivity contribution in [3.05, 3.63) is 35.6 Å². The molecule has 27 heavy (non-hydrogen) atoms. The van der Waals surface area contributed by atoms with Crippen molar-refractivity contribution < 1.29 is 33.0 Å². The lowest BCUT2D eigenvalue weighted by molar-refractivity contribution is -0.150. The molecule has 1 heterocycles. The molecule has 0 bridgehead atoms.